The number of carbonyl (C=O) groups excluding carboxylic acids is 1. The molecule has 1 aliphatic rings. The van der Waals surface area contributed by atoms with Crippen LogP contribution in [0.5, 0.6) is 0 Å². The quantitative estimate of drug-likeness (QED) is 0.451. The summed E-state index contributed by atoms with van der Waals surface area (Å²) in [6, 6.07) is 15.5. The van der Waals surface area contributed by atoms with Crippen LogP contribution in [0.1, 0.15) is 10.4 Å². The summed E-state index contributed by atoms with van der Waals surface area (Å²) in [7, 11) is 2.10. The van der Waals surface area contributed by atoms with Gasteiger partial charge in [-0.15, -0.1) is 0 Å². The number of aromatic nitrogens is 2. The average Bonchev–Trinajstić information content (AvgIpc) is 2.83. The normalized spacial score (nSPS) is 14.4. The minimum atomic E-state index is -0.383. The van der Waals surface area contributed by atoms with E-state index in [9.17, 15) is 9.18 Å². The number of fused-ring (bicyclic) bond motifs is 1. The third-order valence-electron chi connectivity index (χ3n) is 6.05. The number of carbonyl (C=O) groups is 1. The lowest BCUT2D eigenvalue weighted by Crippen LogP contribution is -2.44. The van der Waals surface area contributed by atoms with Crippen LogP contribution in [-0.2, 0) is 0 Å². The zero-order valence-electron chi connectivity index (χ0n) is 18.8. The Morgan fingerprint density at radius 2 is 1.76 bits per heavy atom. The highest BCUT2D eigenvalue weighted by molar-refractivity contribution is 6.05. The van der Waals surface area contributed by atoms with Gasteiger partial charge in [0.15, 0.2) is 0 Å². The molecule has 1 saturated heterocycles. The molecule has 0 atom stereocenters. The molecule has 4 aromatic rings. The number of nitrogens with two attached hydrogens (primary N) is 1. The highest BCUT2D eigenvalue weighted by Gasteiger charge is 2.17. The van der Waals surface area contributed by atoms with E-state index in [4.69, 9.17) is 5.73 Å². The van der Waals surface area contributed by atoms with Crippen molar-refractivity contribution in [2.45, 2.75) is 0 Å². The van der Waals surface area contributed by atoms with Crippen molar-refractivity contribution in [3.63, 3.8) is 0 Å². The van der Waals surface area contributed by atoms with Crippen molar-refractivity contribution in [3.8, 4) is 11.1 Å². The minimum Gasteiger partial charge on any atom is -0.399 e. The van der Waals surface area contributed by atoms with Gasteiger partial charge in [0.2, 0.25) is 0 Å². The third-order valence-corrected chi connectivity index (χ3v) is 6.05. The van der Waals surface area contributed by atoms with E-state index in [0.717, 1.165) is 48.3 Å². The molecule has 1 fully saturated rings. The summed E-state index contributed by atoms with van der Waals surface area (Å²) in [6.45, 7) is 3.67. The molecule has 0 radical (unpaired) electrons. The molecular weight excluding hydrogens is 431 g/mol. The summed E-state index contributed by atoms with van der Waals surface area (Å²) in [5.41, 5.74) is 8.21. The van der Waals surface area contributed by atoms with Crippen LogP contribution in [0.25, 0.3) is 21.9 Å². The van der Waals surface area contributed by atoms with Crippen molar-refractivity contribution < 1.29 is 9.18 Å². The van der Waals surface area contributed by atoms with Gasteiger partial charge in [-0.1, -0.05) is 12.1 Å². The molecule has 34 heavy (non-hydrogen) atoms. The SMILES string of the molecule is CN1CCN(c2cc(C(=O)Nc3cc4cc(-c5cc(N)cc(F)c5)ccc4cn3)ccn2)CC1. The Labute approximate surface area is 197 Å². The van der Waals surface area contributed by atoms with E-state index in [0.29, 0.717) is 22.6 Å². The van der Waals surface area contributed by atoms with E-state index < -0.39 is 0 Å². The van der Waals surface area contributed by atoms with E-state index in [2.05, 4.69) is 32.1 Å². The number of nitrogens with one attached hydrogen (secondary N) is 1. The first-order valence-corrected chi connectivity index (χ1v) is 11.1. The summed E-state index contributed by atoms with van der Waals surface area (Å²) in [6.07, 6.45) is 3.37. The van der Waals surface area contributed by atoms with Crippen LogP contribution in [-0.4, -0.2) is 54.0 Å². The van der Waals surface area contributed by atoms with Gasteiger partial charge >= 0.3 is 0 Å². The fourth-order valence-electron chi connectivity index (χ4n) is 4.12. The molecule has 3 heterocycles. The van der Waals surface area contributed by atoms with Crippen molar-refractivity contribution in [2.24, 2.45) is 0 Å². The van der Waals surface area contributed by atoms with Crippen molar-refractivity contribution in [3.05, 3.63) is 78.4 Å². The number of nitrogens with zero attached hydrogens (tertiary/aromatic N) is 4. The lowest BCUT2D eigenvalue weighted by molar-refractivity contribution is 0.102. The van der Waals surface area contributed by atoms with Crippen LogP contribution in [0.4, 0.5) is 21.7 Å². The second-order valence-corrected chi connectivity index (χ2v) is 8.55. The van der Waals surface area contributed by atoms with Gasteiger partial charge in [0.25, 0.3) is 5.91 Å². The first-order chi connectivity index (χ1) is 16.4. The zero-order chi connectivity index (χ0) is 23.7. The predicted molar refractivity (Wildman–Crippen MR) is 133 cm³/mol. The highest BCUT2D eigenvalue weighted by atomic mass is 19.1. The average molecular weight is 457 g/mol. The number of hydrogen-bond donors (Lipinski definition) is 2. The fraction of sp³-hybridized carbons (Fsp3) is 0.192. The third kappa shape index (κ3) is 4.67. The molecule has 2 aromatic carbocycles. The lowest BCUT2D eigenvalue weighted by Gasteiger charge is -2.33. The number of hydrogen-bond acceptors (Lipinski definition) is 6. The summed E-state index contributed by atoms with van der Waals surface area (Å²) in [5.74, 6) is 0.599. The molecule has 1 amide bonds. The number of anilines is 3. The summed E-state index contributed by atoms with van der Waals surface area (Å²) < 4.78 is 13.8. The molecule has 2 aromatic heterocycles. The van der Waals surface area contributed by atoms with Crippen molar-refractivity contribution >= 4 is 34.0 Å². The molecule has 0 saturated carbocycles. The van der Waals surface area contributed by atoms with Gasteiger partial charge in [-0.25, -0.2) is 14.4 Å². The maximum atomic E-state index is 13.8. The highest BCUT2D eigenvalue weighted by Crippen LogP contribution is 2.28. The van der Waals surface area contributed by atoms with E-state index >= 15 is 0 Å². The van der Waals surface area contributed by atoms with Gasteiger partial charge in [0, 0.05) is 55.2 Å². The molecule has 0 aliphatic carbocycles. The maximum absolute atomic E-state index is 13.8. The van der Waals surface area contributed by atoms with Crippen molar-refractivity contribution in [1.29, 1.82) is 0 Å². The van der Waals surface area contributed by atoms with Crippen LogP contribution in [0.3, 0.4) is 0 Å². The minimum absolute atomic E-state index is 0.251. The van der Waals surface area contributed by atoms with E-state index in [1.165, 1.54) is 12.1 Å². The number of nitrogen functional groups attached to an aromatic ring is 1. The van der Waals surface area contributed by atoms with Crippen molar-refractivity contribution in [1.82, 2.24) is 14.9 Å². The largest absolute Gasteiger partial charge is 0.399 e. The van der Waals surface area contributed by atoms with Crippen LogP contribution < -0.4 is 16.0 Å². The number of rotatable bonds is 4. The first kappa shape index (κ1) is 21.8. The van der Waals surface area contributed by atoms with E-state index in [1.807, 2.05) is 30.3 Å². The summed E-state index contributed by atoms with van der Waals surface area (Å²) >= 11 is 0. The molecule has 0 unspecified atom stereocenters. The summed E-state index contributed by atoms with van der Waals surface area (Å²) in [5, 5.41) is 4.66. The molecular formula is C26H25FN6O. The Kier molecular flexibility index (Phi) is 5.81. The number of benzene rings is 2. The van der Waals surface area contributed by atoms with Crippen molar-refractivity contribution in [2.75, 3.05) is 49.2 Å². The Balaban J connectivity index is 1.37. The van der Waals surface area contributed by atoms with Crippen LogP contribution >= 0.6 is 0 Å². The lowest BCUT2D eigenvalue weighted by atomic mass is 10.0. The molecule has 3 N–H and O–H groups in total. The number of likely N-dealkylation sites (N-methyl/N-ethyl adjacent to an activating group) is 1. The molecule has 172 valence electrons. The Bertz CT molecular complexity index is 1350. The van der Waals surface area contributed by atoms with Gasteiger partial charge in [-0.05, 0) is 66.0 Å². The smallest absolute Gasteiger partial charge is 0.257 e. The Morgan fingerprint density at radius 1 is 0.941 bits per heavy atom. The van der Waals surface area contributed by atoms with Gasteiger partial charge in [0.1, 0.15) is 17.5 Å². The van der Waals surface area contributed by atoms with E-state index in [-0.39, 0.29) is 11.7 Å². The Morgan fingerprint density at radius 3 is 2.56 bits per heavy atom. The maximum Gasteiger partial charge on any atom is 0.257 e. The predicted octanol–water partition coefficient (Wildman–Crippen LogP) is 4.02. The van der Waals surface area contributed by atoms with Gasteiger partial charge in [0.05, 0.1) is 0 Å². The number of pyridine rings is 2. The number of piperazine rings is 1. The fourth-order valence-corrected chi connectivity index (χ4v) is 4.12. The molecule has 1 aliphatic heterocycles. The van der Waals surface area contributed by atoms with E-state index in [1.54, 1.807) is 24.5 Å². The monoisotopic (exact) mass is 456 g/mol. The van der Waals surface area contributed by atoms with Gasteiger partial charge < -0.3 is 20.9 Å². The first-order valence-electron chi connectivity index (χ1n) is 11.1. The van der Waals surface area contributed by atoms with Crippen LogP contribution in [0, 0.1) is 5.82 Å². The van der Waals surface area contributed by atoms with Crippen LogP contribution in [0.2, 0.25) is 0 Å². The molecule has 7 nitrogen and oxygen atoms in total. The summed E-state index contributed by atoms with van der Waals surface area (Å²) in [4.78, 5) is 26.2. The standard InChI is InChI=1S/C26H25FN6O/c1-32-6-8-33(9-7-32)25-14-18(4-5-29-25)26(34)31-24-13-20-10-17(2-3-19(20)16-30-24)21-11-22(27)15-23(28)12-21/h2-5,10-16H,6-9,28H2,1H3,(H,30,31,34). The Hall–Kier alpha value is -4.04. The second kappa shape index (κ2) is 9.07. The molecule has 8 heteroatoms. The second-order valence-electron chi connectivity index (χ2n) is 8.55. The molecule has 0 bridgehead atoms. The molecule has 0 spiro atoms. The van der Waals surface area contributed by atoms with Crippen LogP contribution in [0.15, 0.2) is 67.0 Å². The van der Waals surface area contributed by atoms with Gasteiger partial charge in [-0.3, -0.25) is 4.79 Å². The zero-order valence-corrected chi connectivity index (χ0v) is 18.8. The van der Waals surface area contributed by atoms with Gasteiger partial charge in [-0.2, -0.15) is 0 Å². The number of amides is 1. The number of halogens is 1. The molecule has 5 rings (SSSR count). The topological polar surface area (TPSA) is 87.4 Å².